The average molecular weight is 358 g/mol. The lowest BCUT2D eigenvalue weighted by atomic mass is 10.1. The van der Waals surface area contributed by atoms with Crippen LogP contribution in [0.3, 0.4) is 0 Å². The molecule has 0 fully saturated rings. The molecule has 8 heteroatoms. The summed E-state index contributed by atoms with van der Waals surface area (Å²) in [6, 6.07) is 7.13. The van der Waals surface area contributed by atoms with Crippen molar-refractivity contribution in [2.24, 2.45) is 0 Å². The number of benzene rings is 1. The molecule has 2 amide bonds. The van der Waals surface area contributed by atoms with Crippen molar-refractivity contribution in [1.29, 1.82) is 0 Å². The van der Waals surface area contributed by atoms with Gasteiger partial charge in [0.2, 0.25) is 0 Å². The van der Waals surface area contributed by atoms with Crippen LogP contribution in [-0.2, 0) is 13.0 Å². The summed E-state index contributed by atoms with van der Waals surface area (Å²) in [5, 5.41) is 9.25. The number of carbonyl (C=O) groups excluding carboxylic acids is 1. The Morgan fingerprint density at radius 3 is 2.71 bits per heavy atom. The van der Waals surface area contributed by atoms with Crippen LogP contribution in [0.25, 0.3) is 0 Å². The summed E-state index contributed by atoms with van der Waals surface area (Å²) >= 11 is 1.58. The first kappa shape index (κ1) is 18.1. The van der Waals surface area contributed by atoms with E-state index >= 15 is 0 Å². The highest BCUT2D eigenvalue weighted by Gasteiger charge is 2.31. The van der Waals surface area contributed by atoms with Crippen LogP contribution < -0.4 is 15.4 Å². The molecular formula is C16H17F3N2O2S. The van der Waals surface area contributed by atoms with Gasteiger partial charge in [-0.15, -0.1) is 13.2 Å². The van der Waals surface area contributed by atoms with Crippen molar-refractivity contribution in [3.63, 3.8) is 0 Å². The van der Waals surface area contributed by atoms with Crippen molar-refractivity contribution >= 4 is 17.4 Å². The van der Waals surface area contributed by atoms with Gasteiger partial charge < -0.3 is 15.4 Å². The highest BCUT2D eigenvalue weighted by Crippen LogP contribution is 2.26. The van der Waals surface area contributed by atoms with Gasteiger partial charge in [-0.1, -0.05) is 18.2 Å². The maximum absolute atomic E-state index is 12.4. The number of alkyl halides is 3. The van der Waals surface area contributed by atoms with Crippen molar-refractivity contribution in [3.8, 4) is 5.75 Å². The quantitative estimate of drug-likeness (QED) is 0.818. The molecule has 1 unspecified atom stereocenters. The van der Waals surface area contributed by atoms with E-state index in [1.165, 1.54) is 18.2 Å². The number of ether oxygens (including phenoxy) is 1. The fourth-order valence-electron chi connectivity index (χ4n) is 2.14. The summed E-state index contributed by atoms with van der Waals surface area (Å²) in [5.74, 6) is -0.323. The van der Waals surface area contributed by atoms with Crippen LogP contribution in [0.5, 0.6) is 5.75 Å². The summed E-state index contributed by atoms with van der Waals surface area (Å²) < 4.78 is 41.0. The lowest BCUT2D eigenvalue weighted by Crippen LogP contribution is -2.41. The van der Waals surface area contributed by atoms with Crippen LogP contribution >= 0.6 is 11.3 Å². The Morgan fingerprint density at radius 1 is 1.29 bits per heavy atom. The Labute approximate surface area is 141 Å². The van der Waals surface area contributed by atoms with E-state index < -0.39 is 12.4 Å². The van der Waals surface area contributed by atoms with Gasteiger partial charge in [0.25, 0.3) is 0 Å². The first-order valence-corrected chi connectivity index (χ1v) is 8.17. The van der Waals surface area contributed by atoms with E-state index in [0.29, 0.717) is 6.42 Å². The number of amides is 2. The molecule has 0 aliphatic heterocycles. The van der Waals surface area contributed by atoms with Crippen LogP contribution in [0.4, 0.5) is 18.0 Å². The molecule has 1 aromatic carbocycles. The molecule has 2 N–H and O–H groups in total. The molecule has 0 spiro atoms. The monoisotopic (exact) mass is 358 g/mol. The third kappa shape index (κ3) is 6.11. The van der Waals surface area contributed by atoms with Crippen LogP contribution in [0.1, 0.15) is 18.1 Å². The van der Waals surface area contributed by atoms with Gasteiger partial charge in [-0.2, -0.15) is 11.3 Å². The number of urea groups is 1. The zero-order valence-electron chi connectivity index (χ0n) is 12.9. The second-order valence-corrected chi connectivity index (χ2v) is 6.00. The van der Waals surface area contributed by atoms with E-state index in [4.69, 9.17) is 0 Å². The van der Waals surface area contributed by atoms with Crippen molar-refractivity contribution in [3.05, 3.63) is 52.2 Å². The fourth-order valence-corrected chi connectivity index (χ4v) is 2.82. The van der Waals surface area contributed by atoms with E-state index in [0.717, 1.165) is 5.56 Å². The maximum atomic E-state index is 12.4. The lowest BCUT2D eigenvalue weighted by molar-refractivity contribution is -0.274. The zero-order chi connectivity index (χ0) is 17.6. The van der Waals surface area contributed by atoms with Crippen molar-refractivity contribution in [2.45, 2.75) is 32.3 Å². The van der Waals surface area contributed by atoms with Crippen molar-refractivity contribution < 1.29 is 22.7 Å². The van der Waals surface area contributed by atoms with E-state index in [9.17, 15) is 18.0 Å². The number of halogens is 3. The standard InChI is InChI=1S/C16H17F3N2O2S/c1-11(8-12-6-7-24-10-12)21-15(22)20-9-13-4-2-3-5-14(13)23-16(17,18)19/h2-7,10-11H,8-9H2,1H3,(H2,20,21,22). The number of thiophene rings is 1. The van der Waals surface area contributed by atoms with Crippen LogP contribution in [0.2, 0.25) is 0 Å². The topological polar surface area (TPSA) is 50.4 Å². The minimum Gasteiger partial charge on any atom is -0.405 e. The summed E-state index contributed by atoms with van der Waals surface area (Å²) in [6.07, 6.45) is -4.09. The number of carbonyl (C=O) groups is 1. The second kappa shape index (κ2) is 8.05. The third-order valence-electron chi connectivity index (χ3n) is 3.14. The molecule has 1 heterocycles. The highest BCUT2D eigenvalue weighted by molar-refractivity contribution is 7.07. The molecule has 4 nitrogen and oxygen atoms in total. The van der Waals surface area contributed by atoms with E-state index in [-0.39, 0.29) is 23.9 Å². The Bertz CT molecular complexity index is 660. The fraction of sp³-hybridized carbons (Fsp3) is 0.312. The summed E-state index contributed by atoms with van der Waals surface area (Å²) in [7, 11) is 0. The molecule has 1 aromatic heterocycles. The van der Waals surface area contributed by atoms with Gasteiger partial charge in [-0.05, 0) is 41.8 Å². The van der Waals surface area contributed by atoms with Gasteiger partial charge in [0.15, 0.2) is 0 Å². The molecule has 0 aliphatic carbocycles. The molecule has 0 aliphatic rings. The largest absolute Gasteiger partial charge is 0.573 e. The number of hydrogen-bond acceptors (Lipinski definition) is 3. The van der Waals surface area contributed by atoms with Gasteiger partial charge >= 0.3 is 12.4 Å². The van der Waals surface area contributed by atoms with Crippen molar-refractivity contribution in [1.82, 2.24) is 10.6 Å². The first-order chi connectivity index (χ1) is 11.3. The van der Waals surface area contributed by atoms with E-state index in [1.807, 2.05) is 23.8 Å². The molecule has 0 bridgehead atoms. The molecule has 0 saturated heterocycles. The minimum absolute atomic E-state index is 0.0662. The lowest BCUT2D eigenvalue weighted by Gasteiger charge is -2.16. The Kier molecular flexibility index (Phi) is 6.08. The number of rotatable bonds is 6. The molecule has 0 radical (unpaired) electrons. The molecule has 1 atom stereocenters. The normalized spacial score (nSPS) is 12.5. The molecule has 2 rings (SSSR count). The Morgan fingerprint density at radius 2 is 2.04 bits per heavy atom. The number of para-hydroxylation sites is 1. The summed E-state index contributed by atoms with van der Waals surface area (Å²) in [6.45, 7) is 1.79. The Balaban J connectivity index is 1.85. The molecule has 130 valence electrons. The first-order valence-electron chi connectivity index (χ1n) is 7.22. The van der Waals surface area contributed by atoms with E-state index in [2.05, 4.69) is 15.4 Å². The molecule has 2 aromatic rings. The molecule has 24 heavy (non-hydrogen) atoms. The number of hydrogen-bond donors (Lipinski definition) is 2. The molecule has 0 saturated carbocycles. The van der Waals surface area contributed by atoms with Crippen LogP contribution in [0, 0.1) is 0 Å². The van der Waals surface area contributed by atoms with E-state index in [1.54, 1.807) is 17.4 Å². The number of nitrogens with one attached hydrogen (secondary N) is 2. The predicted octanol–water partition coefficient (Wildman–Crippen LogP) is 4.08. The van der Waals surface area contributed by atoms with Gasteiger partial charge in [-0.3, -0.25) is 0 Å². The van der Waals surface area contributed by atoms with Crippen molar-refractivity contribution in [2.75, 3.05) is 0 Å². The zero-order valence-corrected chi connectivity index (χ0v) is 13.7. The van der Waals surface area contributed by atoms with Crippen LogP contribution in [0.15, 0.2) is 41.1 Å². The second-order valence-electron chi connectivity index (χ2n) is 5.22. The average Bonchev–Trinajstić information content (AvgIpc) is 2.97. The third-order valence-corrected chi connectivity index (χ3v) is 3.87. The minimum atomic E-state index is -4.77. The maximum Gasteiger partial charge on any atom is 0.573 e. The summed E-state index contributed by atoms with van der Waals surface area (Å²) in [4.78, 5) is 11.9. The SMILES string of the molecule is CC(Cc1ccsc1)NC(=O)NCc1ccccc1OC(F)(F)F. The van der Waals surface area contributed by atoms with Crippen LogP contribution in [-0.4, -0.2) is 18.4 Å². The van der Waals surface area contributed by atoms with Gasteiger partial charge in [0.05, 0.1) is 0 Å². The summed E-state index contributed by atoms with van der Waals surface area (Å²) in [5.41, 5.74) is 1.37. The van der Waals surface area contributed by atoms with Gasteiger partial charge in [0.1, 0.15) is 5.75 Å². The molecular weight excluding hydrogens is 341 g/mol. The Hall–Kier alpha value is -2.22. The van der Waals surface area contributed by atoms with Gasteiger partial charge in [-0.25, -0.2) is 4.79 Å². The predicted molar refractivity (Wildman–Crippen MR) is 86.0 cm³/mol. The smallest absolute Gasteiger partial charge is 0.405 e. The highest BCUT2D eigenvalue weighted by atomic mass is 32.1. The van der Waals surface area contributed by atoms with Gasteiger partial charge in [0, 0.05) is 18.2 Å².